The molecule has 0 radical (unpaired) electrons. The van der Waals surface area contributed by atoms with Crippen LogP contribution in [0.2, 0.25) is 0 Å². The van der Waals surface area contributed by atoms with Gasteiger partial charge in [0.2, 0.25) is 0 Å². The molecule has 0 aliphatic heterocycles. The summed E-state index contributed by atoms with van der Waals surface area (Å²) in [6, 6.07) is 4.50. The maximum Gasteiger partial charge on any atom is 0.128 e. The van der Waals surface area contributed by atoms with Gasteiger partial charge in [-0.15, -0.1) is 11.3 Å². The van der Waals surface area contributed by atoms with E-state index in [1.807, 2.05) is 33.3 Å². The molecule has 102 valence electrons. The molecule has 0 bridgehead atoms. The topological polar surface area (TPSA) is 41.1 Å². The minimum Gasteiger partial charge on any atom is -0.354 e. The van der Waals surface area contributed by atoms with Crippen molar-refractivity contribution >= 4 is 17.2 Å². The van der Waals surface area contributed by atoms with Crippen molar-refractivity contribution in [2.45, 2.75) is 26.4 Å². The first-order chi connectivity index (χ1) is 9.10. The number of nitrogens with zero attached hydrogens (tertiary/aromatic N) is 3. The van der Waals surface area contributed by atoms with E-state index in [9.17, 15) is 0 Å². The molecule has 0 amide bonds. The lowest BCUT2D eigenvalue weighted by Crippen LogP contribution is -2.19. The van der Waals surface area contributed by atoms with Gasteiger partial charge >= 0.3 is 0 Å². The van der Waals surface area contributed by atoms with Crippen LogP contribution < -0.4 is 10.2 Å². The van der Waals surface area contributed by atoms with Crippen molar-refractivity contribution < 1.29 is 0 Å². The average Bonchev–Trinajstić information content (AvgIpc) is 2.83. The monoisotopic (exact) mass is 276 g/mol. The first-order valence-corrected chi connectivity index (χ1v) is 7.23. The standard InChI is InChI=1S/C14H20N4S/c1-10(15-3)12-5-6-16-14(7-12)18(4)8-13-9-19-11(2)17-13/h5-7,9-10,15H,8H2,1-4H3. The quantitative estimate of drug-likeness (QED) is 0.911. The zero-order chi connectivity index (χ0) is 13.8. The number of pyridine rings is 1. The van der Waals surface area contributed by atoms with Gasteiger partial charge in [0.05, 0.1) is 17.2 Å². The molecule has 5 heteroatoms. The second kappa shape index (κ2) is 6.12. The summed E-state index contributed by atoms with van der Waals surface area (Å²) in [4.78, 5) is 11.0. The van der Waals surface area contributed by atoms with Gasteiger partial charge in [0, 0.05) is 24.7 Å². The summed E-state index contributed by atoms with van der Waals surface area (Å²) < 4.78 is 0. The molecule has 0 saturated heterocycles. The molecule has 2 aromatic heterocycles. The molecule has 2 rings (SSSR count). The van der Waals surface area contributed by atoms with Crippen LogP contribution in [0.25, 0.3) is 0 Å². The first-order valence-electron chi connectivity index (χ1n) is 6.35. The first kappa shape index (κ1) is 14.0. The Morgan fingerprint density at radius 1 is 1.47 bits per heavy atom. The molecule has 4 nitrogen and oxygen atoms in total. The largest absolute Gasteiger partial charge is 0.354 e. The zero-order valence-electron chi connectivity index (χ0n) is 11.8. The smallest absolute Gasteiger partial charge is 0.128 e. The summed E-state index contributed by atoms with van der Waals surface area (Å²) in [6.45, 7) is 4.96. The van der Waals surface area contributed by atoms with E-state index in [-0.39, 0.29) is 0 Å². The summed E-state index contributed by atoms with van der Waals surface area (Å²) in [5.74, 6) is 0.977. The third kappa shape index (κ3) is 3.52. The number of aryl methyl sites for hydroxylation is 1. The Balaban J connectivity index is 2.12. The Morgan fingerprint density at radius 3 is 2.89 bits per heavy atom. The van der Waals surface area contributed by atoms with Crippen molar-refractivity contribution in [3.63, 3.8) is 0 Å². The van der Waals surface area contributed by atoms with Crippen LogP contribution in [0.5, 0.6) is 0 Å². The number of nitrogens with one attached hydrogen (secondary N) is 1. The normalized spacial score (nSPS) is 12.4. The van der Waals surface area contributed by atoms with Crippen molar-refractivity contribution in [2.24, 2.45) is 0 Å². The Labute approximate surface area is 118 Å². The molecular formula is C14H20N4S. The third-order valence-corrected chi connectivity index (χ3v) is 3.98. The van der Waals surface area contributed by atoms with E-state index < -0.39 is 0 Å². The van der Waals surface area contributed by atoms with Gasteiger partial charge in [-0.1, -0.05) is 0 Å². The summed E-state index contributed by atoms with van der Waals surface area (Å²) >= 11 is 1.69. The van der Waals surface area contributed by atoms with E-state index in [0.29, 0.717) is 6.04 Å². The van der Waals surface area contributed by atoms with Crippen LogP contribution in [-0.2, 0) is 6.54 Å². The molecule has 1 atom stereocenters. The van der Waals surface area contributed by atoms with Crippen LogP contribution in [-0.4, -0.2) is 24.1 Å². The molecule has 0 aromatic carbocycles. The van der Waals surface area contributed by atoms with Crippen molar-refractivity contribution in [3.05, 3.63) is 40.0 Å². The van der Waals surface area contributed by atoms with Crippen LogP contribution in [0.15, 0.2) is 23.7 Å². The van der Waals surface area contributed by atoms with E-state index in [0.717, 1.165) is 23.1 Å². The average molecular weight is 276 g/mol. The van der Waals surface area contributed by atoms with E-state index in [1.54, 1.807) is 11.3 Å². The Hall–Kier alpha value is -1.46. The molecule has 0 aliphatic rings. The molecule has 19 heavy (non-hydrogen) atoms. The van der Waals surface area contributed by atoms with Gasteiger partial charge in [0.15, 0.2) is 0 Å². The molecule has 1 unspecified atom stereocenters. The molecule has 0 spiro atoms. The van der Waals surface area contributed by atoms with Crippen LogP contribution in [0.4, 0.5) is 5.82 Å². The molecule has 2 heterocycles. The van der Waals surface area contributed by atoms with Gasteiger partial charge in [0.1, 0.15) is 5.82 Å². The number of hydrogen-bond acceptors (Lipinski definition) is 5. The maximum absolute atomic E-state index is 4.49. The van der Waals surface area contributed by atoms with Gasteiger partial charge in [-0.05, 0) is 38.6 Å². The van der Waals surface area contributed by atoms with Crippen LogP contribution >= 0.6 is 11.3 Å². The van der Waals surface area contributed by atoms with Crippen LogP contribution in [0.3, 0.4) is 0 Å². The Morgan fingerprint density at radius 2 is 2.26 bits per heavy atom. The molecule has 0 fully saturated rings. The minimum atomic E-state index is 0.330. The number of aromatic nitrogens is 2. The zero-order valence-corrected chi connectivity index (χ0v) is 12.7. The number of rotatable bonds is 5. The Kier molecular flexibility index (Phi) is 4.50. The van der Waals surface area contributed by atoms with Crippen molar-refractivity contribution in [1.29, 1.82) is 0 Å². The SMILES string of the molecule is CNC(C)c1ccnc(N(C)Cc2csc(C)n2)c1. The highest BCUT2D eigenvalue weighted by Crippen LogP contribution is 2.19. The third-order valence-electron chi connectivity index (χ3n) is 3.16. The van der Waals surface area contributed by atoms with Gasteiger partial charge in [-0.2, -0.15) is 0 Å². The molecular weight excluding hydrogens is 256 g/mol. The minimum absolute atomic E-state index is 0.330. The predicted molar refractivity (Wildman–Crippen MR) is 80.7 cm³/mol. The fourth-order valence-corrected chi connectivity index (χ4v) is 2.49. The molecule has 0 saturated carbocycles. The van der Waals surface area contributed by atoms with Gasteiger partial charge in [-0.3, -0.25) is 0 Å². The van der Waals surface area contributed by atoms with Gasteiger partial charge < -0.3 is 10.2 Å². The molecule has 1 N–H and O–H groups in total. The second-order valence-electron chi connectivity index (χ2n) is 4.67. The van der Waals surface area contributed by atoms with Crippen LogP contribution in [0.1, 0.15) is 29.2 Å². The predicted octanol–water partition coefficient (Wildman–Crippen LogP) is 2.76. The van der Waals surface area contributed by atoms with Crippen molar-refractivity contribution in [1.82, 2.24) is 15.3 Å². The lowest BCUT2D eigenvalue weighted by Gasteiger charge is -2.19. The number of anilines is 1. The van der Waals surface area contributed by atoms with Gasteiger partial charge in [-0.25, -0.2) is 9.97 Å². The number of hydrogen-bond donors (Lipinski definition) is 1. The summed E-state index contributed by atoms with van der Waals surface area (Å²) in [5.41, 5.74) is 2.34. The number of thiazole rings is 1. The lowest BCUT2D eigenvalue weighted by atomic mass is 10.1. The Bertz CT molecular complexity index is 538. The van der Waals surface area contributed by atoms with E-state index in [1.165, 1.54) is 5.56 Å². The van der Waals surface area contributed by atoms with Crippen molar-refractivity contribution in [2.75, 3.05) is 19.0 Å². The van der Waals surface area contributed by atoms with Crippen LogP contribution in [0, 0.1) is 6.92 Å². The summed E-state index contributed by atoms with van der Waals surface area (Å²) in [5, 5.41) is 6.45. The second-order valence-corrected chi connectivity index (χ2v) is 5.73. The fourth-order valence-electron chi connectivity index (χ4n) is 1.88. The highest BCUT2D eigenvalue weighted by molar-refractivity contribution is 7.09. The van der Waals surface area contributed by atoms with E-state index in [4.69, 9.17) is 0 Å². The van der Waals surface area contributed by atoms with Gasteiger partial charge in [0.25, 0.3) is 0 Å². The highest BCUT2D eigenvalue weighted by Gasteiger charge is 2.09. The maximum atomic E-state index is 4.49. The molecule has 2 aromatic rings. The highest BCUT2D eigenvalue weighted by atomic mass is 32.1. The van der Waals surface area contributed by atoms with E-state index >= 15 is 0 Å². The summed E-state index contributed by atoms with van der Waals surface area (Å²) in [6.07, 6.45) is 1.86. The fraction of sp³-hybridized carbons (Fsp3) is 0.429. The lowest BCUT2D eigenvalue weighted by molar-refractivity contribution is 0.651. The summed E-state index contributed by atoms with van der Waals surface area (Å²) in [7, 11) is 4.01. The van der Waals surface area contributed by atoms with Crippen molar-refractivity contribution in [3.8, 4) is 0 Å². The molecule has 0 aliphatic carbocycles. The van der Waals surface area contributed by atoms with E-state index in [2.05, 4.69) is 38.6 Å².